The molecule has 1 aliphatic carbocycles. The van der Waals surface area contributed by atoms with Gasteiger partial charge in [-0.15, -0.1) is 0 Å². The molecule has 5 heteroatoms. The average molecular weight is 358 g/mol. The maximum atomic E-state index is 11.8. The van der Waals surface area contributed by atoms with Crippen molar-refractivity contribution in [2.75, 3.05) is 13.1 Å². The van der Waals surface area contributed by atoms with Gasteiger partial charge in [-0.2, -0.15) is 0 Å². The molecule has 142 valence electrons. The molecular weight excluding hydrogens is 328 g/mol. The Kier molecular flexibility index (Phi) is 5.87. The van der Waals surface area contributed by atoms with Crippen LogP contribution in [0.3, 0.4) is 0 Å². The molecule has 26 heavy (non-hydrogen) atoms. The fourth-order valence-electron chi connectivity index (χ4n) is 3.25. The lowest BCUT2D eigenvalue weighted by Gasteiger charge is -2.37. The normalized spacial score (nSPS) is 23.6. The van der Waals surface area contributed by atoms with Gasteiger partial charge >= 0.3 is 6.09 Å². The number of benzene rings is 1. The highest BCUT2D eigenvalue weighted by Crippen LogP contribution is 2.28. The standard InChI is InChI=1S/C21H30N2O3/c1-21(2,3)26-20(24)22-17-13-19(14-17)25-18-9-11-23(12-10-18)15-16-7-5-4-6-8-16/h4-9,17,19H,10-15H2,1-3H3,(H,22,24). The van der Waals surface area contributed by atoms with Crippen LogP contribution in [0.2, 0.25) is 0 Å². The summed E-state index contributed by atoms with van der Waals surface area (Å²) in [5.74, 6) is 1.09. The Balaban J connectivity index is 1.35. The van der Waals surface area contributed by atoms with Crippen molar-refractivity contribution in [2.24, 2.45) is 0 Å². The lowest BCUT2D eigenvalue weighted by molar-refractivity contribution is 0.00816. The second kappa shape index (κ2) is 8.12. The summed E-state index contributed by atoms with van der Waals surface area (Å²) in [4.78, 5) is 14.2. The summed E-state index contributed by atoms with van der Waals surface area (Å²) in [5, 5.41) is 2.91. The van der Waals surface area contributed by atoms with E-state index in [4.69, 9.17) is 9.47 Å². The number of ether oxygens (including phenoxy) is 2. The van der Waals surface area contributed by atoms with E-state index in [9.17, 15) is 4.79 Å². The van der Waals surface area contributed by atoms with Gasteiger partial charge in [-0.1, -0.05) is 30.3 Å². The highest BCUT2D eigenvalue weighted by atomic mass is 16.6. The second-order valence-electron chi connectivity index (χ2n) is 8.20. The monoisotopic (exact) mass is 358 g/mol. The lowest BCUT2D eigenvalue weighted by Crippen LogP contribution is -2.49. The third kappa shape index (κ3) is 5.77. The van der Waals surface area contributed by atoms with Crippen molar-refractivity contribution < 1.29 is 14.3 Å². The van der Waals surface area contributed by atoms with Crippen LogP contribution in [0.25, 0.3) is 0 Å². The molecule has 0 aromatic heterocycles. The molecule has 0 atom stereocenters. The minimum Gasteiger partial charge on any atom is -0.495 e. The number of nitrogens with one attached hydrogen (secondary N) is 1. The Morgan fingerprint density at radius 2 is 1.96 bits per heavy atom. The van der Waals surface area contributed by atoms with Crippen molar-refractivity contribution in [1.29, 1.82) is 0 Å². The summed E-state index contributed by atoms with van der Waals surface area (Å²) in [5.41, 5.74) is 0.891. The van der Waals surface area contributed by atoms with Gasteiger partial charge in [-0.05, 0) is 32.4 Å². The van der Waals surface area contributed by atoms with Gasteiger partial charge in [-0.3, -0.25) is 4.90 Å². The van der Waals surface area contributed by atoms with Crippen molar-refractivity contribution in [2.45, 2.75) is 64.3 Å². The number of carbonyl (C=O) groups is 1. The zero-order chi connectivity index (χ0) is 18.6. The van der Waals surface area contributed by atoms with E-state index in [0.717, 1.165) is 44.7 Å². The molecule has 0 bridgehead atoms. The lowest BCUT2D eigenvalue weighted by atomic mass is 9.89. The van der Waals surface area contributed by atoms with Gasteiger partial charge in [-0.25, -0.2) is 4.79 Å². The van der Waals surface area contributed by atoms with E-state index in [2.05, 4.69) is 46.6 Å². The van der Waals surface area contributed by atoms with Crippen LogP contribution in [-0.2, 0) is 16.0 Å². The van der Waals surface area contributed by atoms with Crippen molar-refractivity contribution in [3.8, 4) is 0 Å². The zero-order valence-electron chi connectivity index (χ0n) is 16.0. The van der Waals surface area contributed by atoms with Gasteiger partial charge in [0.05, 0.1) is 5.76 Å². The summed E-state index contributed by atoms with van der Waals surface area (Å²) in [6.07, 6.45) is 4.72. The van der Waals surface area contributed by atoms with Gasteiger partial charge in [0.25, 0.3) is 0 Å². The smallest absolute Gasteiger partial charge is 0.407 e. The first-order valence-electron chi connectivity index (χ1n) is 9.49. The molecule has 1 fully saturated rings. The number of hydrogen-bond acceptors (Lipinski definition) is 4. The molecule has 0 saturated heterocycles. The van der Waals surface area contributed by atoms with Crippen LogP contribution < -0.4 is 5.32 Å². The van der Waals surface area contributed by atoms with Gasteiger partial charge in [0.15, 0.2) is 0 Å². The fraction of sp³-hybridized carbons (Fsp3) is 0.571. The Hall–Kier alpha value is -2.01. The molecule has 1 aliphatic heterocycles. The van der Waals surface area contributed by atoms with Crippen LogP contribution in [0.5, 0.6) is 0 Å². The number of nitrogens with zero attached hydrogens (tertiary/aromatic N) is 1. The van der Waals surface area contributed by atoms with Crippen molar-refractivity contribution in [3.63, 3.8) is 0 Å². The van der Waals surface area contributed by atoms with E-state index in [0.29, 0.717) is 0 Å². The molecule has 3 rings (SSSR count). The molecule has 1 N–H and O–H groups in total. The summed E-state index contributed by atoms with van der Waals surface area (Å²) in [7, 11) is 0. The predicted molar refractivity (Wildman–Crippen MR) is 102 cm³/mol. The van der Waals surface area contributed by atoms with E-state index in [1.807, 2.05) is 20.8 Å². The van der Waals surface area contributed by atoms with E-state index in [1.165, 1.54) is 5.56 Å². The molecule has 1 heterocycles. The summed E-state index contributed by atoms with van der Waals surface area (Å²) >= 11 is 0. The summed E-state index contributed by atoms with van der Waals surface area (Å²) in [6, 6.07) is 10.7. The fourth-order valence-corrected chi connectivity index (χ4v) is 3.25. The molecule has 1 aromatic carbocycles. The highest BCUT2D eigenvalue weighted by Gasteiger charge is 2.33. The molecule has 0 radical (unpaired) electrons. The van der Waals surface area contributed by atoms with Crippen LogP contribution in [0.1, 0.15) is 45.6 Å². The number of alkyl carbamates (subject to hydrolysis) is 1. The summed E-state index contributed by atoms with van der Waals surface area (Å²) in [6.45, 7) is 8.54. The minimum absolute atomic E-state index is 0.161. The molecule has 2 aliphatic rings. The topological polar surface area (TPSA) is 50.8 Å². The maximum absolute atomic E-state index is 11.8. The Bertz CT molecular complexity index is 630. The van der Waals surface area contributed by atoms with Crippen LogP contribution in [0.4, 0.5) is 4.79 Å². The van der Waals surface area contributed by atoms with Gasteiger partial charge in [0.1, 0.15) is 11.7 Å². The highest BCUT2D eigenvalue weighted by molar-refractivity contribution is 5.68. The van der Waals surface area contributed by atoms with E-state index < -0.39 is 5.60 Å². The van der Waals surface area contributed by atoms with Crippen molar-refractivity contribution in [1.82, 2.24) is 10.2 Å². The number of amides is 1. The molecule has 1 amide bonds. The van der Waals surface area contributed by atoms with Crippen LogP contribution in [0.15, 0.2) is 42.2 Å². The summed E-state index contributed by atoms with van der Waals surface area (Å²) < 4.78 is 11.4. The molecule has 1 aromatic rings. The third-order valence-corrected chi connectivity index (χ3v) is 4.63. The second-order valence-corrected chi connectivity index (χ2v) is 8.20. The minimum atomic E-state index is -0.456. The Morgan fingerprint density at radius 1 is 1.23 bits per heavy atom. The largest absolute Gasteiger partial charge is 0.495 e. The first-order chi connectivity index (χ1) is 12.4. The first kappa shape index (κ1) is 18.8. The maximum Gasteiger partial charge on any atom is 0.407 e. The van der Waals surface area contributed by atoms with Gasteiger partial charge in [0.2, 0.25) is 0 Å². The molecule has 5 nitrogen and oxygen atoms in total. The third-order valence-electron chi connectivity index (χ3n) is 4.63. The average Bonchev–Trinajstić information content (AvgIpc) is 2.54. The zero-order valence-corrected chi connectivity index (χ0v) is 16.0. The molecular formula is C21H30N2O3. The number of rotatable bonds is 5. The molecule has 0 unspecified atom stereocenters. The quantitative estimate of drug-likeness (QED) is 0.869. The van der Waals surface area contributed by atoms with Crippen molar-refractivity contribution >= 4 is 6.09 Å². The SMILES string of the molecule is CC(C)(C)OC(=O)NC1CC(OC2=CCN(Cc3ccccc3)CC2)C1. The van der Waals surface area contributed by atoms with E-state index in [-0.39, 0.29) is 18.2 Å². The number of hydrogen-bond donors (Lipinski definition) is 1. The van der Waals surface area contributed by atoms with Crippen molar-refractivity contribution in [3.05, 3.63) is 47.7 Å². The Labute approximate surface area is 156 Å². The van der Waals surface area contributed by atoms with Gasteiger partial charge in [0, 0.05) is 44.9 Å². The van der Waals surface area contributed by atoms with Crippen LogP contribution >= 0.6 is 0 Å². The van der Waals surface area contributed by atoms with Crippen LogP contribution in [-0.4, -0.2) is 41.8 Å². The molecule has 0 spiro atoms. The van der Waals surface area contributed by atoms with Gasteiger partial charge < -0.3 is 14.8 Å². The molecule has 1 saturated carbocycles. The predicted octanol–water partition coefficient (Wildman–Crippen LogP) is 3.85. The Morgan fingerprint density at radius 3 is 2.58 bits per heavy atom. The van der Waals surface area contributed by atoms with E-state index in [1.54, 1.807) is 0 Å². The van der Waals surface area contributed by atoms with Crippen LogP contribution in [0, 0.1) is 0 Å². The first-order valence-corrected chi connectivity index (χ1v) is 9.49. The number of carbonyl (C=O) groups excluding carboxylic acids is 1. The van der Waals surface area contributed by atoms with E-state index >= 15 is 0 Å².